The van der Waals surface area contributed by atoms with E-state index in [2.05, 4.69) is 51.7 Å². The first-order valence-electron chi connectivity index (χ1n) is 10.9. The zero-order valence-electron chi connectivity index (χ0n) is 17.5. The van der Waals surface area contributed by atoms with Gasteiger partial charge in [0.25, 0.3) is 5.91 Å². The highest BCUT2D eigenvalue weighted by Crippen LogP contribution is 2.42. The highest BCUT2D eigenvalue weighted by atomic mass is 32.1. The van der Waals surface area contributed by atoms with Gasteiger partial charge < -0.3 is 20.4 Å². The predicted octanol–water partition coefficient (Wildman–Crippen LogP) is 3.53. The van der Waals surface area contributed by atoms with Crippen LogP contribution in [-0.4, -0.2) is 61.6 Å². The summed E-state index contributed by atoms with van der Waals surface area (Å²) in [5.41, 5.74) is 2.51. The fourth-order valence-corrected chi connectivity index (χ4v) is 6.61. The van der Waals surface area contributed by atoms with E-state index in [1.165, 1.54) is 25.9 Å². The van der Waals surface area contributed by atoms with Crippen LogP contribution in [0.4, 0.5) is 11.5 Å². The first-order chi connectivity index (χ1) is 14.5. The fraction of sp³-hybridized carbons (Fsp3) is 0.478. The Bertz CT molecular complexity index is 1160. The van der Waals surface area contributed by atoms with Gasteiger partial charge in [0, 0.05) is 54.2 Å². The number of likely N-dealkylation sites (tertiary alicyclic amines) is 1. The second-order valence-corrected chi connectivity index (χ2v) is 10.4. The number of fused-ring (bicyclic) bond motifs is 5. The lowest BCUT2D eigenvalue weighted by molar-refractivity contribution is 0.00122. The number of nitrogens with zero attached hydrogens (tertiary/aromatic N) is 3. The molecule has 1 aromatic carbocycles. The molecule has 3 aromatic rings. The van der Waals surface area contributed by atoms with Gasteiger partial charge in [0.2, 0.25) is 0 Å². The molecule has 0 aliphatic carbocycles. The summed E-state index contributed by atoms with van der Waals surface area (Å²) in [4.78, 5) is 23.3. The lowest BCUT2D eigenvalue weighted by Gasteiger charge is -2.53. The van der Waals surface area contributed by atoms with E-state index in [0.717, 1.165) is 57.0 Å². The third-order valence-corrected chi connectivity index (χ3v) is 8.19. The molecule has 2 saturated heterocycles. The van der Waals surface area contributed by atoms with Gasteiger partial charge in [-0.2, -0.15) is 0 Å². The highest BCUT2D eigenvalue weighted by Gasteiger charge is 2.43. The number of carbonyl (C=O) groups excluding carboxylic acids is 1. The summed E-state index contributed by atoms with van der Waals surface area (Å²) in [6.45, 7) is 7.42. The zero-order valence-corrected chi connectivity index (χ0v) is 18.3. The smallest absolute Gasteiger partial charge is 0.263 e. The second-order valence-electron chi connectivity index (χ2n) is 9.40. The van der Waals surface area contributed by atoms with Gasteiger partial charge in [0.05, 0.1) is 11.2 Å². The minimum absolute atomic E-state index is 0.0188. The van der Waals surface area contributed by atoms with Crippen molar-refractivity contribution in [1.82, 2.24) is 15.2 Å². The summed E-state index contributed by atoms with van der Waals surface area (Å²) in [6, 6.07) is 8.69. The van der Waals surface area contributed by atoms with Crippen LogP contribution in [0.2, 0.25) is 0 Å². The predicted molar refractivity (Wildman–Crippen MR) is 124 cm³/mol. The number of nitrogens with one attached hydrogen (secondary N) is 2. The van der Waals surface area contributed by atoms with E-state index < -0.39 is 0 Å². The SMILES string of the molecule is C[C@@H]1CNc2c(sc3ccc4nc(N5CCC6(CC5)CN(C)C6)ccc4c23)C(=O)N1. The molecule has 0 unspecified atom stereocenters. The summed E-state index contributed by atoms with van der Waals surface area (Å²) in [5, 5.41) is 8.82. The van der Waals surface area contributed by atoms with E-state index in [9.17, 15) is 4.79 Å². The molecule has 1 atom stereocenters. The Morgan fingerprint density at radius 3 is 2.73 bits per heavy atom. The van der Waals surface area contributed by atoms with E-state index in [0.29, 0.717) is 5.41 Å². The Kier molecular flexibility index (Phi) is 4.02. The van der Waals surface area contributed by atoms with Crippen LogP contribution >= 0.6 is 11.3 Å². The van der Waals surface area contributed by atoms with Crippen molar-refractivity contribution in [3.8, 4) is 0 Å². The standard InChI is InChI=1S/C23H27N5OS/c1-14-11-24-20-19-15-3-6-18(28-9-7-23(8-10-28)12-27(2)13-23)26-16(15)4-5-17(19)30-21(20)22(29)25-14/h3-6,14,24H,7-13H2,1-2H3,(H,25,29)/t14-/m1/s1. The van der Waals surface area contributed by atoms with Gasteiger partial charge in [-0.1, -0.05) is 0 Å². The summed E-state index contributed by atoms with van der Waals surface area (Å²) in [5.74, 6) is 1.09. The molecule has 30 heavy (non-hydrogen) atoms. The van der Waals surface area contributed by atoms with E-state index in [1.807, 2.05) is 6.92 Å². The number of aromatic nitrogens is 1. The van der Waals surface area contributed by atoms with Crippen LogP contribution in [0.1, 0.15) is 29.4 Å². The Labute approximate surface area is 180 Å². The molecule has 156 valence electrons. The first-order valence-corrected chi connectivity index (χ1v) is 11.7. The molecule has 0 radical (unpaired) electrons. The zero-order chi connectivity index (χ0) is 20.5. The van der Waals surface area contributed by atoms with Crippen molar-refractivity contribution in [2.75, 3.05) is 50.0 Å². The van der Waals surface area contributed by atoms with Crippen LogP contribution < -0.4 is 15.5 Å². The quantitative estimate of drug-likeness (QED) is 0.630. The summed E-state index contributed by atoms with van der Waals surface area (Å²) < 4.78 is 1.13. The van der Waals surface area contributed by atoms with Crippen molar-refractivity contribution in [3.63, 3.8) is 0 Å². The Balaban J connectivity index is 1.36. The number of benzene rings is 1. The average molecular weight is 422 g/mol. The van der Waals surface area contributed by atoms with Crippen LogP contribution in [0.5, 0.6) is 0 Å². The minimum Gasteiger partial charge on any atom is -0.381 e. The molecule has 2 N–H and O–H groups in total. The number of hydrogen-bond acceptors (Lipinski definition) is 6. The van der Waals surface area contributed by atoms with Gasteiger partial charge >= 0.3 is 0 Å². The Morgan fingerprint density at radius 2 is 1.97 bits per heavy atom. The first kappa shape index (κ1) is 18.4. The van der Waals surface area contributed by atoms with Crippen molar-refractivity contribution in [3.05, 3.63) is 29.1 Å². The number of thiophene rings is 1. The van der Waals surface area contributed by atoms with Crippen molar-refractivity contribution in [2.45, 2.75) is 25.8 Å². The third kappa shape index (κ3) is 2.79. The number of carbonyl (C=O) groups is 1. The van der Waals surface area contributed by atoms with Crippen LogP contribution in [0.15, 0.2) is 24.3 Å². The summed E-state index contributed by atoms with van der Waals surface area (Å²) >= 11 is 1.56. The molecule has 3 aliphatic rings. The van der Waals surface area contributed by atoms with Gasteiger partial charge in [-0.15, -0.1) is 11.3 Å². The molecule has 7 heteroatoms. The molecule has 6 nitrogen and oxygen atoms in total. The molecule has 3 aliphatic heterocycles. The van der Waals surface area contributed by atoms with Gasteiger partial charge in [-0.05, 0) is 56.5 Å². The molecule has 1 spiro atoms. The van der Waals surface area contributed by atoms with E-state index >= 15 is 0 Å². The molecular weight excluding hydrogens is 394 g/mol. The average Bonchev–Trinajstić information content (AvgIpc) is 3.04. The van der Waals surface area contributed by atoms with Crippen molar-refractivity contribution >= 4 is 49.7 Å². The lowest BCUT2D eigenvalue weighted by atomic mass is 9.72. The van der Waals surface area contributed by atoms with Gasteiger partial charge in [-0.25, -0.2) is 4.98 Å². The van der Waals surface area contributed by atoms with Crippen LogP contribution in [0, 0.1) is 5.41 Å². The van der Waals surface area contributed by atoms with Gasteiger partial charge in [0.15, 0.2) is 0 Å². The van der Waals surface area contributed by atoms with E-state index in [-0.39, 0.29) is 11.9 Å². The largest absolute Gasteiger partial charge is 0.381 e. The molecular formula is C23H27N5OS. The number of amides is 1. The number of piperidine rings is 1. The van der Waals surface area contributed by atoms with E-state index in [4.69, 9.17) is 4.98 Å². The molecule has 2 aromatic heterocycles. The maximum atomic E-state index is 12.6. The second kappa shape index (κ2) is 6.56. The lowest BCUT2D eigenvalue weighted by Crippen LogP contribution is -2.58. The number of anilines is 2. The highest BCUT2D eigenvalue weighted by molar-refractivity contribution is 7.21. The van der Waals surface area contributed by atoms with Gasteiger partial charge in [-0.3, -0.25) is 4.79 Å². The molecule has 6 rings (SSSR count). The van der Waals surface area contributed by atoms with Crippen molar-refractivity contribution in [1.29, 1.82) is 0 Å². The monoisotopic (exact) mass is 421 g/mol. The number of rotatable bonds is 1. The molecule has 0 bridgehead atoms. The van der Waals surface area contributed by atoms with Crippen LogP contribution in [0.3, 0.4) is 0 Å². The Hall–Kier alpha value is -2.38. The number of pyridine rings is 1. The van der Waals surface area contributed by atoms with Crippen molar-refractivity contribution < 1.29 is 4.79 Å². The molecule has 5 heterocycles. The Morgan fingerprint density at radius 1 is 1.17 bits per heavy atom. The van der Waals surface area contributed by atoms with Crippen molar-refractivity contribution in [2.24, 2.45) is 5.41 Å². The van der Waals surface area contributed by atoms with Crippen LogP contribution in [0.25, 0.3) is 21.0 Å². The summed E-state index contributed by atoms with van der Waals surface area (Å²) in [7, 11) is 2.22. The maximum absolute atomic E-state index is 12.6. The van der Waals surface area contributed by atoms with Gasteiger partial charge in [0.1, 0.15) is 10.7 Å². The van der Waals surface area contributed by atoms with Crippen LogP contribution in [-0.2, 0) is 0 Å². The molecule has 0 saturated carbocycles. The normalized spacial score (nSPS) is 23.7. The topological polar surface area (TPSA) is 60.5 Å². The fourth-order valence-electron chi connectivity index (χ4n) is 5.52. The molecule has 1 amide bonds. The van der Waals surface area contributed by atoms with E-state index in [1.54, 1.807) is 11.3 Å². The summed E-state index contributed by atoms with van der Waals surface area (Å²) in [6.07, 6.45) is 2.51. The minimum atomic E-state index is 0.0188. The molecule has 2 fully saturated rings. The third-order valence-electron chi connectivity index (χ3n) is 7.03. The number of hydrogen-bond donors (Lipinski definition) is 2. The maximum Gasteiger partial charge on any atom is 0.263 e.